The van der Waals surface area contributed by atoms with Crippen LogP contribution in [0.4, 0.5) is 5.69 Å². The van der Waals surface area contributed by atoms with Gasteiger partial charge in [-0.25, -0.2) is 0 Å². The molecule has 0 aliphatic heterocycles. The smallest absolute Gasteiger partial charge is 0.224 e. The Kier molecular flexibility index (Phi) is 5.82. The summed E-state index contributed by atoms with van der Waals surface area (Å²) < 4.78 is 5.25. The normalized spacial score (nSPS) is 14.0. The molecule has 0 aromatic heterocycles. The van der Waals surface area contributed by atoms with Crippen LogP contribution in [0.15, 0.2) is 24.3 Å². The second-order valence-electron chi connectivity index (χ2n) is 4.57. The molecule has 0 radical (unpaired) electrons. The molecule has 0 bridgehead atoms. The lowest BCUT2D eigenvalue weighted by Gasteiger charge is -2.12. The maximum atomic E-state index is 11.7. The SMILES string of the molecule is COC(C)c1cccc(NC(=O)CCC(C)N)c1. The highest BCUT2D eigenvalue weighted by Crippen LogP contribution is 2.19. The second-order valence-corrected chi connectivity index (χ2v) is 4.57. The van der Waals surface area contributed by atoms with Crippen molar-refractivity contribution in [1.29, 1.82) is 0 Å². The molecule has 18 heavy (non-hydrogen) atoms. The Morgan fingerprint density at radius 3 is 2.78 bits per heavy atom. The summed E-state index contributed by atoms with van der Waals surface area (Å²) in [4.78, 5) is 11.7. The van der Waals surface area contributed by atoms with Gasteiger partial charge in [0.05, 0.1) is 6.10 Å². The number of carbonyl (C=O) groups is 1. The molecular weight excluding hydrogens is 228 g/mol. The highest BCUT2D eigenvalue weighted by molar-refractivity contribution is 5.90. The fourth-order valence-corrected chi connectivity index (χ4v) is 1.59. The number of amides is 1. The zero-order chi connectivity index (χ0) is 13.5. The van der Waals surface area contributed by atoms with E-state index in [1.54, 1.807) is 7.11 Å². The van der Waals surface area contributed by atoms with Gasteiger partial charge in [0.1, 0.15) is 0 Å². The number of ether oxygens (including phenoxy) is 1. The molecule has 1 aromatic rings. The van der Waals surface area contributed by atoms with Crippen molar-refractivity contribution in [3.63, 3.8) is 0 Å². The van der Waals surface area contributed by atoms with E-state index in [0.717, 1.165) is 11.3 Å². The number of nitrogens with two attached hydrogens (primary N) is 1. The summed E-state index contributed by atoms with van der Waals surface area (Å²) in [6, 6.07) is 7.74. The van der Waals surface area contributed by atoms with Gasteiger partial charge in [-0.3, -0.25) is 4.79 Å². The van der Waals surface area contributed by atoms with E-state index in [1.807, 2.05) is 38.1 Å². The van der Waals surface area contributed by atoms with Crippen molar-refractivity contribution in [2.45, 2.75) is 38.8 Å². The standard InChI is InChI=1S/C14H22N2O2/c1-10(15)7-8-14(17)16-13-6-4-5-12(9-13)11(2)18-3/h4-6,9-11H,7-8,15H2,1-3H3,(H,16,17). The van der Waals surface area contributed by atoms with E-state index in [4.69, 9.17) is 10.5 Å². The molecule has 100 valence electrons. The molecule has 3 N–H and O–H groups in total. The van der Waals surface area contributed by atoms with Gasteiger partial charge in [-0.05, 0) is 38.0 Å². The van der Waals surface area contributed by atoms with E-state index in [2.05, 4.69) is 5.32 Å². The summed E-state index contributed by atoms with van der Waals surface area (Å²) in [5.74, 6) is -0.00507. The fraction of sp³-hybridized carbons (Fsp3) is 0.500. The number of carbonyl (C=O) groups excluding carboxylic acids is 1. The molecule has 1 aromatic carbocycles. The molecule has 0 spiro atoms. The van der Waals surface area contributed by atoms with Crippen molar-refractivity contribution < 1.29 is 9.53 Å². The predicted octanol–water partition coefficient (Wildman–Crippen LogP) is 2.46. The lowest BCUT2D eigenvalue weighted by molar-refractivity contribution is -0.116. The molecule has 0 saturated carbocycles. The molecule has 0 aliphatic rings. The minimum Gasteiger partial charge on any atom is -0.377 e. The van der Waals surface area contributed by atoms with Crippen LogP contribution in [0.1, 0.15) is 38.4 Å². The van der Waals surface area contributed by atoms with E-state index in [9.17, 15) is 4.79 Å². The zero-order valence-corrected chi connectivity index (χ0v) is 11.3. The van der Waals surface area contributed by atoms with E-state index < -0.39 is 0 Å². The Morgan fingerprint density at radius 2 is 2.17 bits per heavy atom. The van der Waals surface area contributed by atoms with Crippen molar-refractivity contribution in [1.82, 2.24) is 0 Å². The highest BCUT2D eigenvalue weighted by Gasteiger charge is 2.07. The lowest BCUT2D eigenvalue weighted by atomic mass is 10.1. The Bertz CT molecular complexity index is 391. The van der Waals surface area contributed by atoms with E-state index >= 15 is 0 Å². The molecule has 1 rings (SSSR count). The summed E-state index contributed by atoms with van der Waals surface area (Å²) in [5.41, 5.74) is 7.46. The van der Waals surface area contributed by atoms with Crippen LogP contribution in [-0.4, -0.2) is 19.1 Å². The first kappa shape index (κ1) is 14.7. The average Bonchev–Trinajstić information content (AvgIpc) is 2.35. The third-order valence-corrected chi connectivity index (χ3v) is 2.82. The third-order valence-electron chi connectivity index (χ3n) is 2.82. The Hall–Kier alpha value is -1.39. The van der Waals surface area contributed by atoms with Crippen LogP contribution in [-0.2, 0) is 9.53 Å². The third kappa shape index (κ3) is 4.85. The van der Waals surface area contributed by atoms with Crippen molar-refractivity contribution in [3.8, 4) is 0 Å². The number of hydrogen-bond acceptors (Lipinski definition) is 3. The monoisotopic (exact) mass is 250 g/mol. The van der Waals surface area contributed by atoms with Gasteiger partial charge in [-0.2, -0.15) is 0 Å². The first-order valence-electron chi connectivity index (χ1n) is 6.21. The molecule has 2 unspecified atom stereocenters. The van der Waals surface area contributed by atoms with Crippen LogP contribution in [0.25, 0.3) is 0 Å². The minimum atomic E-state index is -0.00507. The van der Waals surface area contributed by atoms with Crippen LogP contribution in [0, 0.1) is 0 Å². The van der Waals surface area contributed by atoms with E-state index in [0.29, 0.717) is 12.8 Å². The Morgan fingerprint density at radius 1 is 1.44 bits per heavy atom. The van der Waals surface area contributed by atoms with Crippen LogP contribution in [0.3, 0.4) is 0 Å². The topological polar surface area (TPSA) is 64.3 Å². The van der Waals surface area contributed by atoms with Crippen molar-refractivity contribution in [3.05, 3.63) is 29.8 Å². The summed E-state index contributed by atoms with van der Waals surface area (Å²) in [6.45, 7) is 3.87. The molecule has 1 amide bonds. The van der Waals surface area contributed by atoms with Crippen LogP contribution < -0.4 is 11.1 Å². The first-order valence-corrected chi connectivity index (χ1v) is 6.21. The largest absolute Gasteiger partial charge is 0.377 e. The molecule has 0 aliphatic carbocycles. The van der Waals surface area contributed by atoms with Gasteiger partial charge in [-0.15, -0.1) is 0 Å². The molecule has 0 heterocycles. The second kappa shape index (κ2) is 7.13. The van der Waals surface area contributed by atoms with Crippen molar-refractivity contribution in [2.75, 3.05) is 12.4 Å². The highest BCUT2D eigenvalue weighted by atomic mass is 16.5. The summed E-state index contributed by atoms with van der Waals surface area (Å²) in [6.07, 6.45) is 1.16. The quantitative estimate of drug-likeness (QED) is 0.815. The molecule has 0 saturated heterocycles. The minimum absolute atomic E-state index is 0.00507. The van der Waals surface area contributed by atoms with Gasteiger partial charge in [0, 0.05) is 25.3 Å². The van der Waals surface area contributed by atoms with Crippen LogP contribution in [0.2, 0.25) is 0 Å². The number of rotatable bonds is 6. The number of nitrogens with one attached hydrogen (secondary N) is 1. The van der Waals surface area contributed by atoms with Gasteiger partial charge in [0.25, 0.3) is 0 Å². The van der Waals surface area contributed by atoms with Crippen molar-refractivity contribution >= 4 is 11.6 Å². The summed E-state index contributed by atoms with van der Waals surface area (Å²) in [5, 5.41) is 2.87. The summed E-state index contributed by atoms with van der Waals surface area (Å²) in [7, 11) is 1.67. The first-order chi connectivity index (χ1) is 8.52. The molecule has 4 heteroatoms. The van der Waals surface area contributed by atoms with Crippen LogP contribution >= 0.6 is 0 Å². The fourth-order valence-electron chi connectivity index (χ4n) is 1.59. The maximum absolute atomic E-state index is 11.7. The number of anilines is 1. The Balaban J connectivity index is 2.59. The van der Waals surface area contributed by atoms with Crippen LogP contribution in [0.5, 0.6) is 0 Å². The zero-order valence-electron chi connectivity index (χ0n) is 11.3. The van der Waals surface area contributed by atoms with Crippen molar-refractivity contribution in [2.24, 2.45) is 5.73 Å². The average molecular weight is 250 g/mol. The van der Waals surface area contributed by atoms with Gasteiger partial charge in [0.2, 0.25) is 5.91 Å². The van der Waals surface area contributed by atoms with E-state index in [1.165, 1.54) is 0 Å². The number of hydrogen-bond donors (Lipinski definition) is 2. The van der Waals surface area contributed by atoms with Gasteiger partial charge in [-0.1, -0.05) is 12.1 Å². The number of methoxy groups -OCH3 is 1. The number of benzene rings is 1. The van der Waals surface area contributed by atoms with Gasteiger partial charge < -0.3 is 15.8 Å². The van der Waals surface area contributed by atoms with Gasteiger partial charge >= 0.3 is 0 Å². The van der Waals surface area contributed by atoms with Gasteiger partial charge in [0.15, 0.2) is 0 Å². The summed E-state index contributed by atoms with van der Waals surface area (Å²) >= 11 is 0. The molecular formula is C14H22N2O2. The lowest BCUT2D eigenvalue weighted by Crippen LogP contribution is -2.19. The Labute approximate surface area is 109 Å². The molecule has 0 fully saturated rings. The van der Waals surface area contributed by atoms with E-state index in [-0.39, 0.29) is 18.1 Å². The molecule has 2 atom stereocenters. The molecule has 4 nitrogen and oxygen atoms in total. The predicted molar refractivity (Wildman–Crippen MR) is 73.4 cm³/mol. The maximum Gasteiger partial charge on any atom is 0.224 e.